The molecule has 0 atom stereocenters. The molecule has 0 bridgehead atoms. The van der Waals surface area contributed by atoms with Crippen molar-refractivity contribution in [3.63, 3.8) is 0 Å². The third-order valence-electron chi connectivity index (χ3n) is 2.23. The van der Waals surface area contributed by atoms with E-state index in [0.29, 0.717) is 21.2 Å². The highest BCUT2D eigenvalue weighted by molar-refractivity contribution is 14.1. The van der Waals surface area contributed by atoms with Crippen molar-refractivity contribution in [3.8, 4) is 11.5 Å². The monoisotopic (exact) mass is 360 g/mol. The van der Waals surface area contributed by atoms with Gasteiger partial charge in [-0.05, 0) is 40.8 Å². The van der Waals surface area contributed by atoms with Crippen molar-refractivity contribution < 1.29 is 18.3 Å². The summed E-state index contributed by atoms with van der Waals surface area (Å²) < 4.78 is 32.1. The van der Waals surface area contributed by atoms with Gasteiger partial charge in [-0.1, -0.05) is 12.1 Å². The quantitative estimate of drug-likeness (QED) is 0.607. The van der Waals surface area contributed by atoms with Crippen LogP contribution >= 0.6 is 22.6 Å². The normalized spacial score (nSPS) is 10.2. The standard InChI is InChI=1S/C13H7F2IO2/c14-9-4-5-11(10(15)6-9)18-12-3-1-2-8(7-17)13(12)16/h1-7H. The number of aldehydes is 1. The summed E-state index contributed by atoms with van der Waals surface area (Å²) in [5.74, 6) is -1.19. The molecule has 2 rings (SSSR count). The van der Waals surface area contributed by atoms with Gasteiger partial charge in [-0.15, -0.1) is 0 Å². The van der Waals surface area contributed by atoms with Crippen molar-refractivity contribution in [3.05, 3.63) is 57.2 Å². The van der Waals surface area contributed by atoms with Crippen LogP contribution in [0, 0.1) is 15.2 Å². The Kier molecular flexibility index (Phi) is 3.90. The third-order valence-corrected chi connectivity index (χ3v) is 3.39. The molecule has 0 spiro atoms. The van der Waals surface area contributed by atoms with Gasteiger partial charge in [-0.3, -0.25) is 4.79 Å². The van der Waals surface area contributed by atoms with Gasteiger partial charge in [0.1, 0.15) is 11.6 Å². The molecule has 0 saturated carbocycles. The highest BCUT2D eigenvalue weighted by atomic mass is 127. The van der Waals surface area contributed by atoms with Gasteiger partial charge >= 0.3 is 0 Å². The molecule has 2 nitrogen and oxygen atoms in total. The lowest BCUT2D eigenvalue weighted by Gasteiger charge is -2.09. The summed E-state index contributed by atoms with van der Waals surface area (Å²) in [5, 5.41) is 0. The third kappa shape index (κ3) is 2.66. The summed E-state index contributed by atoms with van der Waals surface area (Å²) in [6, 6.07) is 7.91. The molecule has 5 heteroatoms. The first-order valence-electron chi connectivity index (χ1n) is 4.98. The number of halogens is 3. The number of hydrogen-bond donors (Lipinski definition) is 0. The van der Waals surface area contributed by atoms with Crippen LogP contribution in [0.25, 0.3) is 0 Å². The fourth-order valence-electron chi connectivity index (χ4n) is 1.37. The topological polar surface area (TPSA) is 26.3 Å². The van der Waals surface area contributed by atoms with Crippen molar-refractivity contribution >= 4 is 28.9 Å². The second kappa shape index (κ2) is 5.43. The van der Waals surface area contributed by atoms with Crippen molar-refractivity contribution in [2.75, 3.05) is 0 Å². The summed E-state index contributed by atoms with van der Waals surface area (Å²) in [4.78, 5) is 10.8. The predicted molar refractivity (Wildman–Crippen MR) is 71.0 cm³/mol. The molecule has 2 aromatic rings. The lowest BCUT2D eigenvalue weighted by Crippen LogP contribution is -1.94. The van der Waals surface area contributed by atoms with Gasteiger partial charge in [0.05, 0.1) is 3.57 Å². The fraction of sp³-hybridized carbons (Fsp3) is 0. The molecule has 0 radical (unpaired) electrons. The summed E-state index contributed by atoms with van der Waals surface area (Å²) in [5.41, 5.74) is 0.454. The van der Waals surface area contributed by atoms with Crippen LogP contribution in [0.2, 0.25) is 0 Å². The average molecular weight is 360 g/mol. The number of benzene rings is 2. The van der Waals surface area contributed by atoms with Crippen LogP contribution in [0.3, 0.4) is 0 Å². The smallest absolute Gasteiger partial charge is 0.168 e. The van der Waals surface area contributed by atoms with Crippen LogP contribution < -0.4 is 4.74 Å². The van der Waals surface area contributed by atoms with Gasteiger partial charge in [0.25, 0.3) is 0 Å². The molecule has 0 aromatic heterocycles. The summed E-state index contributed by atoms with van der Waals surface area (Å²) in [7, 11) is 0. The summed E-state index contributed by atoms with van der Waals surface area (Å²) in [6.07, 6.45) is 0.690. The van der Waals surface area contributed by atoms with Gasteiger partial charge in [0, 0.05) is 11.6 Å². The summed E-state index contributed by atoms with van der Waals surface area (Å²) >= 11 is 1.93. The molecule has 0 unspecified atom stereocenters. The minimum atomic E-state index is -0.790. The molecule has 92 valence electrons. The molecule has 0 amide bonds. The first-order chi connectivity index (χ1) is 8.61. The van der Waals surface area contributed by atoms with E-state index in [1.807, 2.05) is 22.6 Å². The maximum absolute atomic E-state index is 13.4. The van der Waals surface area contributed by atoms with Crippen molar-refractivity contribution in [2.45, 2.75) is 0 Å². The van der Waals surface area contributed by atoms with E-state index in [0.717, 1.165) is 12.1 Å². The molecular weight excluding hydrogens is 353 g/mol. The van der Waals surface area contributed by atoms with Crippen LogP contribution in [0.1, 0.15) is 10.4 Å². The first-order valence-corrected chi connectivity index (χ1v) is 6.06. The molecule has 0 fully saturated rings. The van der Waals surface area contributed by atoms with Crippen LogP contribution in [0.15, 0.2) is 36.4 Å². The Balaban J connectivity index is 2.37. The second-order valence-corrected chi connectivity index (χ2v) is 4.53. The molecule has 0 N–H and O–H groups in total. The van der Waals surface area contributed by atoms with Crippen molar-refractivity contribution in [1.82, 2.24) is 0 Å². The number of carbonyl (C=O) groups is 1. The molecule has 18 heavy (non-hydrogen) atoms. The minimum Gasteiger partial charge on any atom is -0.453 e. The minimum absolute atomic E-state index is 0.0858. The zero-order valence-corrected chi connectivity index (χ0v) is 11.1. The zero-order chi connectivity index (χ0) is 13.1. The highest BCUT2D eigenvalue weighted by Crippen LogP contribution is 2.30. The van der Waals surface area contributed by atoms with Gasteiger partial charge in [-0.25, -0.2) is 8.78 Å². The van der Waals surface area contributed by atoms with E-state index in [1.54, 1.807) is 18.2 Å². The number of rotatable bonds is 3. The molecular formula is C13H7F2IO2. The van der Waals surface area contributed by atoms with Crippen molar-refractivity contribution in [1.29, 1.82) is 0 Å². The second-order valence-electron chi connectivity index (χ2n) is 3.45. The Hall–Kier alpha value is -1.50. The van der Waals surface area contributed by atoms with Crippen LogP contribution in [0.5, 0.6) is 11.5 Å². The number of carbonyl (C=O) groups excluding carboxylic acids is 1. The van der Waals surface area contributed by atoms with E-state index in [2.05, 4.69) is 0 Å². The molecule has 0 aliphatic heterocycles. The van der Waals surface area contributed by atoms with Crippen LogP contribution in [-0.2, 0) is 0 Å². The zero-order valence-electron chi connectivity index (χ0n) is 8.99. The number of hydrogen-bond acceptors (Lipinski definition) is 2. The van der Waals surface area contributed by atoms with E-state index in [1.165, 1.54) is 6.07 Å². The van der Waals surface area contributed by atoms with Gasteiger partial charge < -0.3 is 4.74 Å². The fourth-order valence-corrected chi connectivity index (χ4v) is 1.97. The SMILES string of the molecule is O=Cc1cccc(Oc2ccc(F)cc2F)c1I. The van der Waals surface area contributed by atoms with E-state index in [9.17, 15) is 13.6 Å². The Morgan fingerprint density at radius 3 is 2.56 bits per heavy atom. The Morgan fingerprint density at radius 1 is 1.11 bits per heavy atom. The lowest BCUT2D eigenvalue weighted by atomic mass is 10.2. The molecule has 0 heterocycles. The lowest BCUT2D eigenvalue weighted by molar-refractivity contribution is 0.112. The van der Waals surface area contributed by atoms with E-state index >= 15 is 0 Å². The average Bonchev–Trinajstić information content (AvgIpc) is 2.35. The van der Waals surface area contributed by atoms with Crippen LogP contribution in [-0.4, -0.2) is 6.29 Å². The van der Waals surface area contributed by atoms with Crippen LogP contribution in [0.4, 0.5) is 8.78 Å². The van der Waals surface area contributed by atoms with E-state index in [-0.39, 0.29) is 5.75 Å². The Morgan fingerprint density at radius 2 is 1.89 bits per heavy atom. The van der Waals surface area contributed by atoms with E-state index < -0.39 is 11.6 Å². The Labute approximate surface area is 116 Å². The molecule has 0 aliphatic rings. The van der Waals surface area contributed by atoms with Gasteiger partial charge in [-0.2, -0.15) is 0 Å². The predicted octanol–water partition coefficient (Wildman–Crippen LogP) is 4.17. The molecule has 0 saturated heterocycles. The highest BCUT2D eigenvalue weighted by Gasteiger charge is 2.10. The molecule has 0 aliphatic carbocycles. The first kappa shape index (κ1) is 12.9. The number of ether oxygens (including phenoxy) is 1. The maximum Gasteiger partial charge on any atom is 0.168 e. The summed E-state index contributed by atoms with van der Waals surface area (Å²) in [6.45, 7) is 0. The van der Waals surface area contributed by atoms with Crippen molar-refractivity contribution in [2.24, 2.45) is 0 Å². The van der Waals surface area contributed by atoms with Gasteiger partial charge in [0.2, 0.25) is 0 Å². The Bertz CT molecular complexity index is 600. The van der Waals surface area contributed by atoms with E-state index in [4.69, 9.17) is 4.74 Å². The van der Waals surface area contributed by atoms with Gasteiger partial charge in [0.15, 0.2) is 17.9 Å². The largest absolute Gasteiger partial charge is 0.453 e. The molecule has 2 aromatic carbocycles. The maximum atomic E-state index is 13.4.